The van der Waals surface area contributed by atoms with Crippen molar-refractivity contribution in [2.45, 2.75) is 13.3 Å². The number of benzene rings is 3. The van der Waals surface area contributed by atoms with E-state index in [1.165, 1.54) is 16.7 Å². The second-order valence-corrected chi connectivity index (χ2v) is 7.05. The highest BCUT2D eigenvalue weighted by molar-refractivity contribution is 5.81. The minimum Gasteiger partial charge on any atom is -0.487 e. The Morgan fingerprint density at radius 3 is 2.34 bits per heavy atom. The molecule has 0 unspecified atom stereocenters. The third-order valence-corrected chi connectivity index (χ3v) is 4.95. The molecule has 0 fully saturated rings. The van der Waals surface area contributed by atoms with E-state index >= 15 is 0 Å². The van der Waals surface area contributed by atoms with Crippen molar-refractivity contribution in [3.05, 3.63) is 84.9 Å². The second kappa shape index (κ2) is 11.7. The molecule has 0 saturated carbocycles. The molecule has 0 spiro atoms. The molecule has 0 aliphatic carbocycles. The number of aryl methyl sites for hydroxylation is 1. The fourth-order valence-corrected chi connectivity index (χ4v) is 3.39. The molecule has 166 valence electrons. The van der Waals surface area contributed by atoms with Crippen LogP contribution in [0, 0.1) is 0 Å². The molecule has 1 N–H and O–H groups in total. The Balaban J connectivity index is 1.87. The van der Waals surface area contributed by atoms with Crippen molar-refractivity contribution in [2.24, 2.45) is 0 Å². The van der Waals surface area contributed by atoms with Crippen molar-refractivity contribution >= 4 is 5.97 Å². The van der Waals surface area contributed by atoms with Crippen LogP contribution in [0.15, 0.2) is 79.4 Å². The van der Waals surface area contributed by atoms with Crippen LogP contribution in [0.4, 0.5) is 0 Å². The van der Waals surface area contributed by atoms with Gasteiger partial charge in [0.1, 0.15) is 19.8 Å². The standard InChI is InChI=1S/C27H28O5/c1-3-20-18-22(21-8-6-5-7-9-21)10-12-24(20)23-11-13-25(30-15-14-28)26(19-23)31-16-17-32-27(29)4-2/h4-13,18-19,28H,2-3,14-17H2,1H3. The van der Waals surface area contributed by atoms with Crippen molar-refractivity contribution in [3.63, 3.8) is 0 Å². The highest BCUT2D eigenvalue weighted by Crippen LogP contribution is 2.35. The molecule has 0 radical (unpaired) electrons. The van der Waals surface area contributed by atoms with Gasteiger partial charge in [-0.1, -0.05) is 68.1 Å². The van der Waals surface area contributed by atoms with Crippen molar-refractivity contribution in [3.8, 4) is 33.8 Å². The monoisotopic (exact) mass is 432 g/mol. The van der Waals surface area contributed by atoms with Gasteiger partial charge in [-0.25, -0.2) is 4.79 Å². The van der Waals surface area contributed by atoms with Gasteiger partial charge in [0.05, 0.1) is 6.61 Å². The van der Waals surface area contributed by atoms with E-state index in [9.17, 15) is 4.79 Å². The van der Waals surface area contributed by atoms with Crippen molar-refractivity contribution in [1.29, 1.82) is 0 Å². The van der Waals surface area contributed by atoms with Crippen LogP contribution in [0.5, 0.6) is 11.5 Å². The molecule has 32 heavy (non-hydrogen) atoms. The molecule has 0 aromatic heterocycles. The summed E-state index contributed by atoms with van der Waals surface area (Å²) >= 11 is 0. The zero-order valence-electron chi connectivity index (χ0n) is 18.3. The Labute approximate surface area is 188 Å². The van der Waals surface area contributed by atoms with E-state index in [4.69, 9.17) is 19.3 Å². The van der Waals surface area contributed by atoms with Crippen molar-refractivity contribution in [1.82, 2.24) is 0 Å². The normalized spacial score (nSPS) is 10.4. The maximum Gasteiger partial charge on any atom is 0.330 e. The summed E-state index contributed by atoms with van der Waals surface area (Å²) in [6.07, 6.45) is 1.99. The Morgan fingerprint density at radius 1 is 0.875 bits per heavy atom. The first-order chi connectivity index (χ1) is 15.7. The van der Waals surface area contributed by atoms with Crippen LogP contribution in [0.3, 0.4) is 0 Å². The minimum absolute atomic E-state index is 0.0977. The van der Waals surface area contributed by atoms with Crippen molar-refractivity contribution in [2.75, 3.05) is 26.4 Å². The molecule has 3 aromatic carbocycles. The molecule has 0 atom stereocenters. The first-order valence-electron chi connectivity index (χ1n) is 10.6. The zero-order chi connectivity index (χ0) is 22.8. The number of carbonyl (C=O) groups is 1. The van der Waals surface area contributed by atoms with Gasteiger partial charge in [-0.15, -0.1) is 0 Å². The summed E-state index contributed by atoms with van der Waals surface area (Å²) in [7, 11) is 0. The lowest BCUT2D eigenvalue weighted by Crippen LogP contribution is -2.11. The third kappa shape index (κ3) is 5.99. The van der Waals surface area contributed by atoms with E-state index in [0.29, 0.717) is 11.5 Å². The SMILES string of the molecule is C=CC(=O)OCCOc1cc(-c2ccc(-c3ccccc3)cc2CC)ccc1OCCO. The fourth-order valence-electron chi connectivity index (χ4n) is 3.39. The van der Waals surface area contributed by atoms with Gasteiger partial charge in [0.25, 0.3) is 0 Å². The molecule has 0 aliphatic rings. The molecule has 0 bridgehead atoms. The maximum atomic E-state index is 11.2. The molecule has 0 saturated heterocycles. The quantitative estimate of drug-likeness (QED) is 0.261. The molecular formula is C27H28O5. The Morgan fingerprint density at radius 2 is 1.62 bits per heavy atom. The third-order valence-electron chi connectivity index (χ3n) is 4.95. The van der Waals surface area contributed by atoms with Crippen LogP contribution < -0.4 is 9.47 Å². The lowest BCUT2D eigenvalue weighted by molar-refractivity contribution is -0.138. The van der Waals surface area contributed by atoms with E-state index in [1.54, 1.807) is 0 Å². The van der Waals surface area contributed by atoms with E-state index in [0.717, 1.165) is 23.6 Å². The summed E-state index contributed by atoms with van der Waals surface area (Å²) in [5, 5.41) is 9.11. The van der Waals surface area contributed by atoms with Gasteiger partial charge >= 0.3 is 5.97 Å². The number of carbonyl (C=O) groups excluding carboxylic acids is 1. The molecular weight excluding hydrogens is 404 g/mol. The van der Waals surface area contributed by atoms with Crippen LogP contribution in [-0.4, -0.2) is 37.5 Å². The first kappa shape index (κ1) is 23.1. The van der Waals surface area contributed by atoms with Crippen molar-refractivity contribution < 1.29 is 24.1 Å². The van der Waals surface area contributed by atoms with E-state index < -0.39 is 5.97 Å². The van der Waals surface area contributed by atoms with Crippen LogP contribution in [0.1, 0.15) is 12.5 Å². The summed E-state index contributed by atoms with van der Waals surface area (Å²) in [5.74, 6) is 0.557. The second-order valence-electron chi connectivity index (χ2n) is 7.05. The summed E-state index contributed by atoms with van der Waals surface area (Å²) in [4.78, 5) is 11.2. The Hall–Kier alpha value is -3.57. The van der Waals surface area contributed by atoms with Gasteiger partial charge in [-0.05, 0) is 46.4 Å². The predicted octanol–water partition coefficient (Wildman–Crippen LogP) is 5.06. The number of aliphatic hydroxyl groups is 1. The molecule has 0 heterocycles. The number of hydrogen-bond donors (Lipinski definition) is 1. The Kier molecular flexibility index (Phi) is 8.46. The average Bonchev–Trinajstić information content (AvgIpc) is 2.85. The molecule has 0 amide bonds. The number of esters is 1. The van der Waals surface area contributed by atoms with Crippen LogP contribution in [-0.2, 0) is 16.0 Å². The van der Waals surface area contributed by atoms with Gasteiger partial charge in [0.2, 0.25) is 0 Å². The van der Waals surface area contributed by atoms with Gasteiger partial charge in [0, 0.05) is 6.08 Å². The fraction of sp³-hybridized carbons (Fsp3) is 0.222. The van der Waals surface area contributed by atoms with Gasteiger partial charge in [-0.2, -0.15) is 0 Å². The molecule has 5 heteroatoms. The lowest BCUT2D eigenvalue weighted by Gasteiger charge is -2.16. The van der Waals surface area contributed by atoms with Crippen LogP contribution in [0.2, 0.25) is 0 Å². The predicted molar refractivity (Wildman–Crippen MR) is 126 cm³/mol. The van der Waals surface area contributed by atoms with Gasteiger partial charge < -0.3 is 19.3 Å². The lowest BCUT2D eigenvalue weighted by atomic mass is 9.93. The van der Waals surface area contributed by atoms with E-state index in [-0.39, 0.29) is 26.4 Å². The van der Waals surface area contributed by atoms with Crippen LogP contribution >= 0.6 is 0 Å². The molecule has 3 aromatic rings. The summed E-state index contributed by atoms with van der Waals surface area (Å²) in [6, 6.07) is 22.5. The maximum absolute atomic E-state index is 11.2. The summed E-state index contributed by atoms with van der Waals surface area (Å²) in [6.45, 7) is 5.84. The number of rotatable bonds is 11. The molecule has 3 rings (SSSR count). The molecule has 5 nitrogen and oxygen atoms in total. The summed E-state index contributed by atoms with van der Waals surface area (Å²) in [5.41, 5.74) is 5.69. The van der Waals surface area contributed by atoms with E-state index in [2.05, 4.69) is 43.8 Å². The number of hydrogen-bond acceptors (Lipinski definition) is 5. The highest BCUT2D eigenvalue weighted by atomic mass is 16.6. The van der Waals surface area contributed by atoms with Crippen LogP contribution in [0.25, 0.3) is 22.3 Å². The minimum atomic E-state index is -0.495. The summed E-state index contributed by atoms with van der Waals surface area (Å²) < 4.78 is 16.4. The van der Waals surface area contributed by atoms with Gasteiger partial charge in [0.15, 0.2) is 11.5 Å². The zero-order valence-corrected chi connectivity index (χ0v) is 18.3. The number of ether oxygens (including phenoxy) is 3. The number of aliphatic hydroxyl groups excluding tert-OH is 1. The molecule has 0 aliphatic heterocycles. The smallest absolute Gasteiger partial charge is 0.330 e. The average molecular weight is 433 g/mol. The van der Waals surface area contributed by atoms with E-state index in [1.807, 2.05) is 36.4 Å². The largest absolute Gasteiger partial charge is 0.487 e. The topological polar surface area (TPSA) is 65.0 Å². The highest BCUT2D eigenvalue weighted by Gasteiger charge is 2.12. The Bertz CT molecular complexity index is 1040. The van der Waals surface area contributed by atoms with Gasteiger partial charge in [-0.3, -0.25) is 0 Å². The first-order valence-corrected chi connectivity index (χ1v) is 10.6.